The topological polar surface area (TPSA) is 67.4 Å². The van der Waals surface area contributed by atoms with Crippen molar-refractivity contribution in [1.29, 1.82) is 0 Å². The van der Waals surface area contributed by atoms with E-state index in [0.717, 1.165) is 6.54 Å². The summed E-state index contributed by atoms with van der Waals surface area (Å²) in [6, 6.07) is 6.43. The summed E-state index contributed by atoms with van der Waals surface area (Å²) in [6.07, 6.45) is 0.0701. The van der Waals surface area contributed by atoms with Crippen LogP contribution in [0.15, 0.2) is 29.2 Å². The van der Waals surface area contributed by atoms with Crippen molar-refractivity contribution in [3.8, 4) is 5.75 Å². The number of ether oxygens (including phenoxy) is 1. The Morgan fingerprint density at radius 2 is 1.75 bits per heavy atom. The summed E-state index contributed by atoms with van der Waals surface area (Å²) in [7, 11) is -3.43. The minimum atomic E-state index is -3.43. The molecule has 0 saturated carbocycles. The van der Waals surface area contributed by atoms with Crippen LogP contribution in [0.5, 0.6) is 5.75 Å². The predicted octanol–water partition coefficient (Wildman–Crippen LogP) is 1.78. The Bertz CT molecular complexity index is 475. The van der Waals surface area contributed by atoms with Gasteiger partial charge in [-0.05, 0) is 44.7 Å². The lowest BCUT2D eigenvalue weighted by Gasteiger charge is -2.11. The Labute approximate surface area is 127 Å². The van der Waals surface area contributed by atoms with Crippen LogP contribution in [0.3, 0.4) is 0 Å². The molecule has 0 aliphatic rings. The average Bonchev–Trinajstić information content (AvgIpc) is 2.35. The van der Waals surface area contributed by atoms with Crippen LogP contribution < -0.4 is 14.8 Å². The zero-order valence-electron chi connectivity index (χ0n) is 12.0. The molecule has 1 aromatic rings. The first kappa shape index (κ1) is 19.2. The lowest BCUT2D eigenvalue weighted by atomic mass is 10.3. The molecule has 0 unspecified atom stereocenters. The molecule has 20 heavy (non-hydrogen) atoms. The van der Waals surface area contributed by atoms with E-state index in [2.05, 4.69) is 10.0 Å². The fraction of sp³-hybridized carbons (Fsp3) is 0.538. The fourth-order valence-electron chi connectivity index (χ4n) is 1.50. The van der Waals surface area contributed by atoms with Crippen molar-refractivity contribution >= 4 is 22.4 Å². The Hall–Kier alpha value is -0.820. The minimum absolute atomic E-state index is 0. The number of rotatable bonds is 8. The lowest BCUT2D eigenvalue weighted by molar-refractivity contribution is 0.242. The monoisotopic (exact) mass is 322 g/mol. The first-order chi connectivity index (χ1) is 8.95. The third-order valence-corrected chi connectivity index (χ3v) is 3.83. The molecule has 5 nitrogen and oxygen atoms in total. The van der Waals surface area contributed by atoms with Crippen molar-refractivity contribution in [2.24, 2.45) is 0 Å². The zero-order chi connectivity index (χ0) is 14.3. The quantitative estimate of drug-likeness (QED) is 0.716. The number of nitrogens with one attached hydrogen (secondary N) is 2. The van der Waals surface area contributed by atoms with Gasteiger partial charge in [0.05, 0.1) is 11.0 Å². The van der Waals surface area contributed by atoms with Gasteiger partial charge in [0, 0.05) is 13.1 Å². The highest BCUT2D eigenvalue weighted by Gasteiger charge is 2.13. The van der Waals surface area contributed by atoms with Crippen molar-refractivity contribution in [2.75, 3.05) is 19.6 Å². The van der Waals surface area contributed by atoms with E-state index in [-0.39, 0.29) is 23.4 Å². The summed E-state index contributed by atoms with van der Waals surface area (Å²) in [5.41, 5.74) is 0. The molecule has 0 bridgehead atoms. The van der Waals surface area contributed by atoms with E-state index in [4.69, 9.17) is 4.74 Å². The van der Waals surface area contributed by atoms with Gasteiger partial charge in [-0.25, -0.2) is 13.1 Å². The van der Waals surface area contributed by atoms with Crippen molar-refractivity contribution in [3.63, 3.8) is 0 Å². The van der Waals surface area contributed by atoms with Gasteiger partial charge >= 0.3 is 0 Å². The van der Waals surface area contributed by atoms with E-state index < -0.39 is 10.0 Å². The van der Waals surface area contributed by atoms with Crippen LogP contribution in [0.2, 0.25) is 0 Å². The number of hydrogen-bond donors (Lipinski definition) is 2. The van der Waals surface area contributed by atoms with E-state index in [1.807, 2.05) is 20.8 Å². The van der Waals surface area contributed by atoms with Crippen LogP contribution in [0, 0.1) is 0 Å². The smallest absolute Gasteiger partial charge is 0.240 e. The molecule has 0 aliphatic carbocycles. The summed E-state index contributed by atoms with van der Waals surface area (Å²) in [5, 5.41) is 3.06. The van der Waals surface area contributed by atoms with E-state index in [9.17, 15) is 8.42 Å². The van der Waals surface area contributed by atoms with Crippen LogP contribution in [0.1, 0.15) is 20.8 Å². The summed E-state index contributed by atoms with van der Waals surface area (Å²) >= 11 is 0. The van der Waals surface area contributed by atoms with Crippen molar-refractivity contribution in [3.05, 3.63) is 24.3 Å². The summed E-state index contributed by atoms with van der Waals surface area (Å²) in [5.74, 6) is 0.668. The second-order valence-electron chi connectivity index (χ2n) is 4.39. The van der Waals surface area contributed by atoms with E-state index >= 15 is 0 Å². The SMILES string of the molecule is CCNCCNS(=O)(=O)c1ccc(OC(C)C)cc1.Cl. The molecule has 0 heterocycles. The molecule has 1 aromatic carbocycles. The third-order valence-electron chi connectivity index (χ3n) is 2.35. The second kappa shape index (κ2) is 9.18. The van der Waals surface area contributed by atoms with Crippen LogP contribution in [0.4, 0.5) is 0 Å². The van der Waals surface area contributed by atoms with E-state index in [1.54, 1.807) is 24.3 Å². The Balaban J connectivity index is 0.00000361. The highest BCUT2D eigenvalue weighted by molar-refractivity contribution is 7.89. The zero-order valence-corrected chi connectivity index (χ0v) is 13.7. The molecule has 0 aromatic heterocycles. The molecule has 0 amide bonds. The maximum absolute atomic E-state index is 11.9. The van der Waals surface area contributed by atoms with Gasteiger partial charge in [0.25, 0.3) is 0 Å². The van der Waals surface area contributed by atoms with Gasteiger partial charge in [0.2, 0.25) is 10.0 Å². The maximum atomic E-state index is 11.9. The summed E-state index contributed by atoms with van der Waals surface area (Å²) in [6.45, 7) is 7.63. The summed E-state index contributed by atoms with van der Waals surface area (Å²) in [4.78, 5) is 0.250. The van der Waals surface area contributed by atoms with Gasteiger partial charge in [-0.2, -0.15) is 0 Å². The van der Waals surface area contributed by atoms with Gasteiger partial charge in [-0.3, -0.25) is 0 Å². The van der Waals surface area contributed by atoms with Gasteiger partial charge in [-0.15, -0.1) is 12.4 Å². The molecule has 0 aliphatic heterocycles. The Kier molecular flexibility index (Phi) is 8.80. The predicted molar refractivity (Wildman–Crippen MR) is 83.2 cm³/mol. The molecule has 116 valence electrons. The normalized spacial score (nSPS) is 11.2. The molecular weight excluding hydrogens is 300 g/mol. The highest BCUT2D eigenvalue weighted by Crippen LogP contribution is 2.16. The van der Waals surface area contributed by atoms with Gasteiger partial charge < -0.3 is 10.1 Å². The first-order valence-electron chi connectivity index (χ1n) is 6.43. The van der Waals surface area contributed by atoms with E-state index in [1.165, 1.54) is 0 Å². The van der Waals surface area contributed by atoms with Crippen molar-refractivity contribution in [2.45, 2.75) is 31.8 Å². The Morgan fingerprint density at radius 1 is 1.15 bits per heavy atom. The van der Waals surface area contributed by atoms with Crippen LogP contribution in [0.25, 0.3) is 0 Å². The van der Waals surface area contributed by atoms with Gasteiger partial charge in [0.1, 0.15) is 5.75 Å². The number of sulfonamides is 1. The number of halogens is 1. The number of hydrogen-bond acceptors (Lipinski definition) is 4. The Morgan fingerprint density at radius 3 is 2.25 bits per heavy atom. The molecular formula is C13H23ClN2O3S. The molecule has 0 saturated heterocycles. The maximum Gasteiger partial charge on any atom is 0.240 e. The van der Waals surface area contributed by atoms with Crippen molar-refractivity contribution in [1.82, 2.24) is 10.0 Å². The van der Waals surface area contributed by atoms with Gasteiger partial charge in [0.15, 0.2) is 0 Å². The fourth-order valence-corrected chi connectivity index (χ4v) is 2.54. The van der Waals surface area contributed by atoms with Crippen molar-refractivity contribution < 1.29 is 13.2 Å². The molecule has 2 N–H and O–H groups in total. The molecule has 0 spiro atoms. The van der Waals surface area contributed by atoms with Crippen LogP contribution in [-0.4, -0.2) is 34.2 Å². The number of benzene rings is 1. The van der Waals surface area contributed by atoms with Crippen LogP contribution in [-0.2, 0) is 10.0 Å². The highest BCUT2D eigenvalue weighted by atomic mass is 35.5. The molecule has 7 heteroatoms. The average molecular weight is 323 g/mol. The second-order valence-corrected chi connectivity index (χ2v) is 6.16. The third kappa shape index (κ3) is 6.56. The molecule has 0 radical (unpaired) electrons. The molecule has 0 fully saturated rings. The lowest BCUT2D eigenvalue weighted by Crippen LogP contribution is -2.31. The molecule has 1 rings (SSSR count). The minimum Gasteiger partial charge on any atom is -0.491 e. The molecule has 0 atom stereocenters. The first-order valence-corrected chi connectivity index (χ1v) is 7.91. The van der Waals surface area contributed by atoms with E-state index in [0.29, 0.717) is 18.8 Å². The van der Waals surface area contributed by atoms with Crippen LogP contribution >= 0.6 is 12.4 Å². The van der Waals surface area contributed by atoms with Gasteiger partial charge in [-0.1, -0.05) is 6.92 Å². The summed E-state index contributed by atoms with van der Waals surface area (Å²) < 4.78 is 31.9. The standard InChI is InChI=1S/C13H22N2O3S.ClH/c1-4-14-9-10-15-19(16,17)13-7-5-12(6-8-13)18-11(2)3;/h5-8,11,14-15H,4,9-10H2,1-3H3;1H. The largest absolute Gasteiger partial charge is 0.491 e. The number of likely N-dealkylation sites (N-methyl/N-ethyl adjacent to an activating group) is 1.